The third-order valence-corrected chi connectivity index (χ3v) is 4.16. The van der Waals surface area contributed by atoms with E-state index in [4.69, 9.17) is 23.2 Å². The molecule has 0 aliphatic rings. The Balaban J connectivity index is 2.36. The van der Waals surface area contributed by atoms with Gasteiger partial charge in [0.1, 0.15) is 11.0 Å². The van der Waals surface area contributed by atoms with Gasteiger partial charge in [-0.05, 0) is 37.1 Å². The van der Waals surface area contributed by atoms with Crippen LogP contribution in [0.4, 0.5) is 4.39 Å². The highest BCUT2D eigenvalue weighted by Gasteiger charge is 2.15. The summed E-state index contributed by atoms with van der Waals surface area (Å²) in [5.41, 5.74) is 2.94. The smallest absolute Gasteiger partial charge is 0.163 e. The Bertz CT molecular complexity index is 863. The zero-order valence-corrected chi connectivity index (χ0v) is 12.9. The number of hydrogen-bond donors (Lipinski definition) is 0. The van der Waals surface area contributed by atoms with Gasteiger partial charge in [0.25, 0.3) is 0 Å². The summed E-state index contributed by atoms with van der Waals surface area (Å²) in [5.74, 6) is -0.0302. The first-order valence-electron chi connectivity index (χ1n) is 6.37. The molecule has 0 radical (unpaired) electrons. The predicted molar refractivity (Wildman–Crippen MR) is 84.4 cm³/mol. The van der Waals surface area contributed by atoms with Crippen LogP contribution in [0.25, 0.3) is 22.3 Å². The van der Waals surface area contributed by atoms with Gasteiger partial charge in [0, 0.05) is 5.56 Å². The molecular weight excluding hydrogens is 310 g/mol. The molecule has 0 atom stereocenters. The third kappa shape index (κ3) is 2.37. The number of benzene rings is 2. The maximum atomic E-state index is 13.9. The van der Waals surface area contributed by atoms with E-state index in [1.165, 1.54) is 6.07 Å². The van der Waals surface area contributed by atoms with Crippen LogP contribution in [-0.4, -0.2) is 9.97 Å². The maximum absolute atomic E-state index is 13.9. The minimum absolute atomic E-state index is 0.0915. The molecular formula is C16H11Cl2FN2. The second-order valence-electron chi connectivity index (χ2n) is 4.86. The second-order valence-corrected chi connectivity index (χ2v) is 5.60. The van der Waals surface area contributed by atoms with Crippen molar-refractivity contribution in [3.63, 3.8) is 0 Å². The molecule has 106 valence electrons. The monoisotopic (exact) mass is 320 g/mol. The molecule has 0 N–H and O–H groups in total. The van der Waals surface area contributed by atoms with Crippen molar-refractivity contribution in [3.8, 4) is 11.4 Å². The SMILES string of the molecule is Cc1cccc(-c2nc(Cl)c3c(F)ccc(C)c3n2)c1Cl. The van der Waals surface area contributed by atoms with E-state index in [1.807, 2.05) is 32.0 Å². The van der Waals surface area contributed by atoms with Crippen molar-refractivity contribution in [1.82, 2.24) is 9.97 Å². The lowest BCUT2D eigenvalue weighted by molar-refractivity contribution is 0.639. The largest absolute Gasteiger partial charge is 0.227 e. The molecule has 0 fully saturated rings. The van der Waals surface area contributed by atoms with Crippen molar-refractivity contribution in [1.29, 1.82) is 0 Å². The van der Waals surface area contributed by atoms with E-state index < -0.39 is 5.82 Å². The van der Waals surface area contributed by atoms with Gasteiger partial charge >= 0.3 is 0 Å². The van der Waals surface area contributed by atoms with Gasteiger partial charge in [0.15, 0.2) is 5.82 Å². The third-order valence-electron chi connectivity index (χ3n) is 3.39. The van der Waals surface area contributed by atoms with Crippen molar-refractivity contribution in [3.05, 3.63) is 57.5 Å². The Morgan fingerprint density at radius 1 is 0.952 bits per heavy atom. The van der Waals surface area contributed by atoms with E-state index in [0.29, 0.717) is 21.9 Å². The van der Waals surface area contributed by atoms with Crippen LogP contribution in [-0.2, 0) is 0 Å². The Labute approximate surface area is 131 Å². The van der Waals surface area contributed by atoms with E-state index in [2.05, 4.69) is 9.97 Å². The number of fused-ring (bicyclic) bond motifs is 1. The summed E-state index contributed by atoms with van der Waals surface area (Å²) in [7, 11) is 0. The van der Waals surface area contributed by atoms with Crippen molar-refractivity contribution < 1.29 is 4.39 Å². The van der Waals surface area contributed by atoms with Gasteiger partial charge in [-0.3, -0.25) is 0 Å². The minimum Gasteiger partial charge on any atom is -0.227 e. The summed E-state index contributed by atoms with van der Waals surface area (Å²) >= 11 is 12.5. The molecule has 0 amide bonds. The molecule has 0 spiro atoms. The molecule has 0 aliphatic heterocycles. The Morgan fingerprint density at radius 2 is 1.71 bits per heavy atom. The zero-order chi connectivity index (χ0) is 15.1. The lowest BCUT2D eigenvalue weighted by Crippen LogP contribution is -1.96. The van der Waals surface area contributed by atoms with Crippen molar-refractivity contribution in [2.24, 2.45) is 0 Å². The van der Waals surface area contributed by atoms with Crippen molar-refractivity contribution in [2.45, 2.75) is 13.8 Å². The summed E-state index contributed by atoms with van der Waals surface area (Å²) in [6.07, 6.45) is 0. The highest BCUT2D eigenvalue weighted by Crippen LogP contribution is 2.32. The summed E-state index contributed by atoms with van der Waals surface area (Å²) in [4.78, 5) is 8.65. The maximum Gasteiger partial charge on any atom is 0.163 e. The second kappa shape index (κ2) is 5.24. The molecule has 1 aromatic heterocycles. The average molecular weight is 321 g/mol. The van der Waals surface area contributed by atoms with Crippen molar-refractivity contribution >= 4 is 34.1 Å². The van der Waals surface area contributed by atoms with Gasteiger partial charge in [-0.15, -0.1) is 0 Å². The number of halogens is 3. The molecule has 0 unspecified atom stereocenters. The van der Waals surface area contributed by atoms with Crippen LogP contribution in [0.1, 0.15) is 11.1 Å². The van der Waals surface area contributed by atoms with Crippen LogP contribution in [0.15, 0.2) is 30.3 Å². The van der Waals surface area contributed by atoms with Gasteiger partial charge in [-0.1, -0.05) is 41.4 Å². The molecule has 0 bridgehead atoms. The first kappa shape index (κ1) is 14.2. The van der Waals surface area contributed by atoms with Crippen molar-refractivity contribution in [2.75, 3.05) is 0 Å². The number of aryl methyl sites for hydroxylation is 2. The molecule has 2 aromatic carbocycles. The van der Waals surface area contributed by atoms with E-state index >= 15 is 0 Å². The van der Waals surface area contributed by atoms with Gasteiger partial charge in [-0.25, -0.2) is 14.4 Å². The molecule has 0 saturated carbocycles. The average Bonchev–Trinajstić information content (AvgIpc) is 2.45. The first-order valence-corrected chi connectivity index (χ1v) is 7.12. The van der Waals surface area contributed by atoms with Gasteiger partial charge in [-0.2, -0.15) is 0 Å². The van der Waals surface area contributed by atoms with Crippen LogP contribution >= 0.6 is 23.2 Å². The number of aromatic nitrogens is 2. The fourth-order valence-corrected chi connectivity index (χ4v) is 2.70. The summed E-state index contributed by atoms with van der Waals surface area (Å²) < 4.78 is 13.9. The highest BCUT2D eigenvalue weighted by molar-refractivity contribution is 6.35. The fraction of sp³-hybridized carbons (Fsp3) is 0.125. The van der Waals surface area contributed by atoms with E-state index in [1.54, 1.807) is 6.07 Å². The summed E-state index contributed by atoms with van der Waals surface area (Å²) in [6.45, 7) is 3.76. The van der Waals surface area contributed by atoms with Crippen LogP contribution in [0.3, 0.4) is 0 Å². The minimum atomic E-state index is -0.428. The standard InChI is InChI=1S/C16H11Cl2FN2/c1-8-4-3-5-10(13(8)17)16-20-14-9(2)6-7-11(19)12(14)15(18)21-16/h3-7H,1-2H3. The fourth-order valence-electron chi connectivity index (χ4n) is 2.23. The van der Waals surface area contributed by atoms with Crippen LogP contribution < -0.4 is 0 Å². The molecule has 3 aromatic rings. The van der Waals surface area contributed by atoms with E-state index in [0.717, 1.165) is 11.1 Å². The Kier molecular flexibility index (Phi) is 3.56. The normalized spacial score (nSPS) is 11.1. The Hall–Kier alpha value is -1.71. The molecule has 0 aliphatic carbocycles. The Morgan fingerprint density at radius 3 is 2.48 bits per heavy atom. The van der Waals surface area contributed by atoms with Crippen LogP contribution in [0, 0.1) is 19.7 Å². The van der Waals surface area contributed by atoms with Crippen LogP contribution in [0.5, 0.6) is 0 Å². The number of hydrogen-bond acceptors (Lipinski definition) is 2. The molecule has 5 heteroatoms. The quantitative estimate of drug-likeness (QED) is 0.564. The predicted octanol–water partition coefficient (Wildman–Crippen LogP) is 5.36. The zero-order valence-electron chi connectivity index (χ0n) is 11.4. The number of nitrogens with zero attached hydrogens (tertiary/aromatic N) is 2. The van der Waals surface area contributed by atoms with Gasteiger partial charge in [0.05, 0.1) is 15.9 Å². The van der Waals surface area contributed by atoms with E-state index in [-0.39, 0.29) is 10.5 Å². The van der Waals surface area contributed by atoms with Crippen LogP contribution in [0.2, 0.25) is 10.2 Å². The first-order chi connectivity index (χ1) is 9.99. The lowest BCUT2D eigenvalue weighted by atomic mass is 10.1. The van der Waals surface area contributed by atoms with Gasteiger partial charge < -0.3 is 0 Å². The molecule has 1 heterocycles. The molecule has 2 nitrogen and oxygen atoms in total. The summed E-state index contributed by atoms with van der Waals surface area (Å²) in [6, 6.07) is 8.63. The summed E-state index contributed by atoms with van der Waals surface area (Å²) in [5, 5.41) is 0.903. The lowest BCUT2D eigenvalue weighted by Gasteiger charge is -2.09. The topological polar surface area (TPSA) is 25.8 Å². The molecule has 0 saturated heterocycles. The molecule has 21 heavy (non-hydrogen) atoms. The van der Waals surface area contributed by atoms with Gasteiger partial charge in [0.2, 0.25) is 0 Å². The molecule has 3 rings (SSSR count). The number of rotatable bonds is 1. The van der Waals surface area contributed by atoms with E-state index in [9.17, 15) is 4.39 Å². The highest BCUT2D eigenvalue weighted by atomic mass is 35.5.